The number of nitrogens with one attached hydrogen (secondary N) is 2. The first-order chi connectivity index (χ1) is 22.8. The first kappa shape index (κ1) is 34.8. The Morgan fingerprint density at radius 1 is 0.766 bits per heavy atom. The molecular weight excluding hydrogens is 626 g/mol. The average molecular weight is 666 g/mol. The van der Waals surface area contributed by atoms with Gasteiger partial charge in [-0.2, -0.15) is 0 Å². The van der Waals surface area contributed by atoms with Crippen LogP contribution in [0.25, 0.3) is 5.69 Å². The number of carbonyl (C=O) groups is 2. The van der Waals surface area contributed by atoms with Crippen molar-refractivity contribution in [1.29, 1.82) is 0 Å². The van der Waals surface area contributed by atoms with Crippen molar-refractivity contribution in [3.05, 3.63) is 66.0 Å². The van der Waals surface area contributed by atoms with Crippen LogP contribution < -0.4 is 39.1 Å². The van der Waals surface area contributed by atoms with E-state index in [1.807, 2.05) is 20.8 Å². The minimum Gasteiger partial charge on any atom is -0.497 e. The van der Waals surface area contributed by atoms with Crippen molar-refractivity contribution in [2.24, 2.45) is 0 Å². The third-order valence-electron chi connectivity index (χ3n) is 6.61. The molecule has 4 rings (SSSR count). The predicted molar refractivity (Wildman–Crippen MR) is 178 cm³/mol. The molecule has 0 aliphatic heterocycles. The molecule has 0 fully saturated rings. The molecule has 0 atom stereocenters. The number of hydrogen-bond acceptors (Lipinski definition) is 11. The maximum atomic E-state index is 13.5. The summed E-state index contributed by atoms with van der Waals surface area (Å²) in [6.45, 7) is 6.70. The molecule has 0 radical (unpaired) electrons. The maximum Gasteiger partial charge on any atom is 0.251 e. The Hall–Kier alpha value is -5.11. The number of amides is 2. The molecule has 0 spiro atoms. The Morgan fingerprint density at radius 3 is 2.00 bits per heavy atom. The molecule has 250 valence electrons. The lowest BCUT2D eigenvalue weighted by molar-refractivity contribution is -0.113. The van der Waals surface area contributed by atoms with Gasteiger partial charge in [-0.3, -0.25) is 14.2 Å². The molecule has 0 aliphatic carbocycles. The van der Waals surface area contributed by atoms with Gasteiger partial charge in [-0.25, -0.2) is 0 Å². The summed E-state index contributed by atoms with van der Waals surface area (Å²) in [4.78, 5) is 26.3. The summed E-state index contributed by atoms with van der Waals surface area (Å²) in [6.07, 6.45) is 0. The van der Waals surface area contributed by atoms with Crippen LogP contribution in [-0.2, 0) is 11.3 Å². The zero-order chi connectivity index (χ0) is 33.8. The van der Waals surface area contributed by atoms with Crippen molar-refractivity contribution < 1.29 is 38.0 Å². The number of aromatic nitrogens is 3. The zero-order valence-corrected chi connectivity index (χ0v) is 28.1. The fourth-order valence-electron chi connectivity index (χ4n) is 4.50. The topological polar surface area (TPSA) is 144 Å². The Balaban J connectivity index is 1.61. The van der Waals surface area contributed by atoms with Gasteiger partial charge in [-0.05, 0) is 69.3 Å². The number of anilines is 1. The van der Waals surface area contributed by atoms with Crippen LogP contribution in [0.5, 0.6) is 34.5 Å². The van der Waals surface area contributed by atoms with Gasteiger partial charge in [-0.15, -0.1) is 10.2 Å². The largest absolute Gasteiger partial charge is 0.497 e. The Morgan fingerprint density at radius 2 is 1.40 bits per heavy atom. The number of nitrogens with zero attached hydrogens (tertiary/aromatic N) is 3. The summed E-state index contributed by atoms with van der Waals surface area (Å²) in [6, 6.07) is 15.6. The van der Waals surface area contributed by atoms with E-state index >= 15 is 0 Å². The molecule has 0 unspecified atom stereocenters. The quantitative estimate of drug-likeness (QED) is 0.145. The Bertz CT molecular complexity index is 1630. The first-order valence-electron chi connectivity index (χ1n) is 14.9. The van der Waals surface area contributed by atoms with Gasteiger partial charge in [0.15, 0.2) is 22.5 Å². The molecule has 4 aromatic rings. The normalized spacial score (nSPS) is 10.6. The van der Waals surface area contributed by atoms with E-state index in [0.29, 0.717) is 82.2 Å². The minimum absolute atomic E-state index is 0.00799. The number of methoxy groups -OCH3 is 3. The molecule has 13 nitrogen and oxygen atoms in total. The number of hydrogen-bond donors (Lipinski definition) is 2. The molecular formula is C33H39N5O8S. The first-order valence-corrected chi connectivity index (χ1v) is 15.9. The fraction of sp³-hybridized carbons (Fsp3) is 0.333. The smallest absolute Gasteiger partial charge is 0.251 e. The van der Waals surface area contributed by atoms with Crippen LogP contribution in [-0.4, -0.2) is 73.5 Å². The molecule has 3 aromatic carbocycles. The Kier molecular flexibility index (Phi) is 12.6. The highest BCUT2D eigenvalue weighted by Crippen LogP contribution is 2.39. The van der Waals surface area contributed by atoms with E-state index in [9.17, 15) is 9.59 Å². The van der Waals surface area contributed by atoms with Crippen LogP contribution in [0.15, 0.2) is 59.8 Å². The van der Waals surface area contributed by atoms with E-state index in [-0.39, 0.29) is 18.2 Å². The zero-order valence-electron chi connectivity index (χ0n) is 27.2. The molecule has 2 amide bonds. The highest BCUT2D eigenvalue weighted by molar-refractivity contribution is 7.99. The van der Waals surface area contributed by atoms with Gasteiger partial charge in [0.25, 0.3) is 5.91 Å². The SMILES string of the molecule is CCOc1cc(C(=O)NCc2nnc(SCC(=O)Nc3ccc(OC)cc3)n2-c2cc(OC)ccc2OC)cc(OCC)c1OCC. The summed E-state index contributed by atoms with van der Waals surface area (Å²) in [5.74, 6) is 2.81. The third-order valence-corrected chi connectivity index (χ3v) is 7.54. The van der Waals surface area contributed by atoms with Crippen molar-refractivity contribution in [2.45, 2.75) is 32.5 Å². The van der Waals surface area contributed by atoms with Crippen LogP contribution in [0.4, 0.5) is 5.69 Å². The lowest BCUT2D eigenvalue weighted by Gasteiger charge is -2.17. The maximum absolute atomic E-state index is 13.5. The summed E-state index contributed by atoms with van der Waals surface area (Å²) in [7, 11) is 4.68. The summed E-state index contributed by atoms with van der Waals surface area (Å²) in [5, 5.41) is 14.9. The van der Waals surface area contributed by atoms with Crippen LogP contribution in [0, 0.1) is 0 Å². The second-order valence-electron chi connectivity index (χ2n) is 9.62. The van der Waals surface area contributed by atoms with Gasteiger partial charge in [0, 0.05) is 17.3 Å². The van der Waals surface area contributed by atoms with Gasteiger partial charge in [0.05, 0.1) is 59.1 Å². The summed E-state index contributed by atoms with van der Waals surface area (Å²) < 4.78 is 35.3. The molecule has 1 aromatic heterocycles. The molecule has 0 saturated carbocycles. The van der Waals surface area contributed by atoms with Gasteiger partial charge in [0.1, 0.15) is 17.2 Å². The fourth-order valence-corrected chi connectivity index (χ4v) is 5.27. The van der Waals surface area contributed by atoms with E-state index in [2.05, 4.69) is 20.8 Å². The number of carbonyl (C=O) groups excluding carboxylic acids is 2. The lowest BCUT2D eigenvalue weighted by Crippen LogP contribution is -2.25. The van der Waals surface area contributed by atoms with Gasteiger partial charge in [0.2, 0.25) is 11.7 Å². The Labute approximate surface area is 277 Å². The molecule has 47 heavy (non-hydrogen) atoms. The summed E-state index contributed by atoms with van der Waals surface area (Å²) >= 11 is 1.18. The molecule has 0 saturated heterocycles. The van der Waals surface area contributed by atoms with Gasteiger partial charge >= 0.3 is 0 Å². The number of ether oxygens (including phenoxy) is 6. The minimum atomic E-state index is -0.393. The average Bonchev–Trinajstić information content (AvgIpc) is 3.50. The van der Waals surface area contributed by atoms with Gasteiger partial charge in [-0.1, -0.05) is 11.8 Å². The second-order valence-corrected chi connectivity index (χ2v) is 10.6. The van der Waals surface area contributed by atoms with Crippen molar-refractivity contribution in [1.82, 2.24) is 20.1 Å². The molecule has 14 heteroatoms. The number of rotatable bonds is 17. The van der Waals surface area contributed by atoms with Gasteiger partial charge < -0.3 is 39.1 Å². The van der Waals surface area contributed by atoms with E-state index in [4.69, 9.17) is 28.4 Å². The van der Waals surface area contributed by atoms with Crippen molar-refractivity contribution in [3.63, 3.8) is 0 Å². The molecule has 0 bridgehead atoms. The lowest BCUT2D eigenvalue weighted by atomic mass is 10.1. The second kappa shape index (κ2) is 17.0. The van der Waals surface area contributed by atoms with E-state index in [1.165, 1.54) is 11.8 Å². The van der Waals surface area contributed by atoms with Crippen molar-refractivity contribution in [2.75, 3.05) is 52.2 Å². The van der Waals surface area contributed by atoms with E-state index < -0.39 is 5.91 Å². The van der Waals surface area contributed by atoms with E-state index in [0.717, 1.165) is 0 Å². The standard InChI is InChI=1S/C33H39N5O8S/c1-7-44-27-16-21(17-28(45-8-2)31(27)46-9-3)32(40)34-19-29-36-37-33(38(29)25-18-24(42-5)14-15-26(25)43-6)47-20-30(39)35-22-10-12-23(41-4)13-11-22/h10-18H,7-9,19-20H2,1-6H3,(H,34,40)(H,35,39). The number of benzene rings is 3. The highest BCUT2D eigenvalue weighted by Gasteiger charge is 2.22. The molecule has 2 N–H and O–H groups in total. The number of thioether (sulfide) groups is 1. The van der Waals surface area contributed by atoms with Crippen LogP contribution in [0.1, 0.15) is 37.0 Å². The summed E-state index contributed by atoms with van der Waals surface area (Å²) in [5.41, 5.74) is 1.51. The third kappa shape index (κ3) is 8.79. The molecule has 0 aliphatic rings. The van der Waals surface area contributed by atoms with Crippen LogP contribution in [0.3, 0.4) is 0 Å². The predicted octanol–water partition coefficient (Wildman–Crippen LogP) is 5.15. The van der Waals surface area contributed by atoms with E-state index in [1.54, 1.807) is 80.5 Å². The monoisotopic (exact) mass is 665 g/mol. The van der Waals surface area contributed by atoms with Crippen LogP contribution >= 0.6 is 11.8 Å². The van der Waals surface area contributed by atoms with Crippen molar-refractivity contribution >= 4 is 29.3 Å². The van der Waals surface area contributed by atoms with Crippen molar-refractivity contribution in [3.8, 4) is 40.2 Å². The highest BCUT2D eigenvalue weighted by atomic mass is 32.2. The van der Waals surface area contributed by atoms with Crippen LogP contribution in [0.2, 0.25) is 0 Å². The molecule has 1 heterocycles.